The van der Waals surface area contributed by atoms with Gasteiger partial charge in [-0.05, 0) is 31.2 Å². The zero-order chi connectivity index (χ0) is 17.1. The lowest BCUT2D eigenvalue weighted by molar-refractivity contribution is 0.102. The maximum Gasteiger partial charge on any atom is 0.257 e. The highest BCUT2D eigenvalue weighted by atomic mass is 32.1. The number of aryl methyl sites for hydroxylation is 1. The molecule has 0 spiro atoms. The van der Waals surface area contributed by atoms with Gasteiger partial charge in [-0.1, -0.05) is 29.8 Å². The third kappa shape index (κ3) is 3.63. The fourth-order valence-corrected chi connectivity index (χ4v) is 2.98. The molecule has 0 atom stereocenters. The number of benzene rings is 2. The molecule has 122 valence electrons. The standard InChI is InChI=1S/C19H19N3OS/c1-13-4-6-14(7-5-13)17-12-24-19(20-17)21-18(23)15-8-10-16(11-9-15)22(2)3/h4-12H,1-3H3,(H,20,21,23). The normalized spacial score (nSPS) is 10.5. The van der Waals surface area contributed by atoms with Crippen LogP contribution in [0.1, 0.15) is 15.9 Å². The smallest absolute Gasteiger partial charge is 0.257 e. The number of thiazole rings is 1. The van der Waals surface area contributed by atoms with E-state index in [1.54, 1.807) is 0 Å². The summed E-state index contributed by atoms with van der Waals surface area (Å²) < 4.78 is 0. The number of carbonyl (C=O) groups is 1. The second-order valence-corrected chi connectivity index (χ2v) is 6.66. The molecule has 0 bridgehead atoms. The zero-order valence-electron chi connectivity index (χ0n) is 13.9. The van der Waals surface area contributed by atoms with Crippen molar-refractivity contribution in [3.8, 4) is 11.3 Å². The van der Waals surface area contributed by atoms with E-state index >= 15 is 0 Å². The van der Waals surface area contributed by atoms with Gasteiger partial charge in [-0.15, -0.1) is 11.3 Å². The number of hydrogen-bond donors (Lipinski definition) is 1. The molecule has 0 aliphatic carbocycles. The number of hydrogen-bond acceptors (Lipinski definition) is 4. The molecule has 24 heavy (non-hydrogen) atoms. The summed E-state index contributed by atoms with van der Waals surface area (Å²) in [6.07, 6.45) is 0. The summed E-state index contributed by atoms with van der Waals surface area (Å²) in [4.78, 5) is 18.8. The Morgan fingerprint density at radius 1 is 1.04 bits per heavy atom. The highest BCUT2D eigenvalue weighted by molar-refractivity contribution is 7.14. The molecule has 0 saturated carbocycles. The Morgan fingerprint density at radius 3 is 2.33 bits per heavy atom. The number of amides is 1. The van der Waals surface area contributed by atoms with Gasteiger partial charge in [0.1, 0.15) is 0 Å². The monoisotopic (exact) mass is 337 g/mol. The minimum Gasteiger partial charge on any atom is -0.378 e. The topological polar surface area (TPSA) is 45.2 Å². The Morgan fingerprint density at radius 2 is 1.71 bits per heavy atom. The van der Waals surface area contributed by atoms with E-state index in [2.05, 4.69) is 29.4 Å². The molecule has 1 N–H and O–H groups in total. The molecule has 3 rings (SSSR count). The van der Waals surface area contributed by atoms with Crippen LogP contribution in [0.5, 0.6) is 0 Å². The Balaban J connectivity index is 1.72. The molecule has 0 aliphatic rings. The van der Waals surface area contributed by atoms with E-state index in [0.717, 1.165) is 16.9 Å². The lowest BCUT2D eigenvalue weighted by Crippen LogP contribution is -2.13. The maximum absolute atomic E-state index is 12.3. The first-order chi connectivity index (χ1) is 11.5. The average molecular weight is 337 g/mol. The van der Waals surface area contributed by atoms with Crippen LogP contribution < -0.4 is 10.2 Å². The molecule has 3 aromatic rings. The van der Waals surface area contributed by atoms with E-state index in [4.69, 9.17) is 0 Å². The molecule has 0 unspecified atom stereocenters. The second-order valence-electron chi connectivity index (χ2n) is 5.80. The largest absolute Gasteiger partial charge is 0.378 e. The molecule has 1 heterocycles. The van der Waals surface area contributed by atoms with E-state index < -0.39 is 0 Å². The van der Waals surface area contributed by atoms with Crippen molar-refractivity contribution in [1.29, 1.82) is 0 Å². The SMILES string of the molecule is Cc1ccc(-c2csc(NC(=O)c3ccc(N(C)C)cc3)n2)cc1. The predicted octanol–water partition coefficient (Wildman–Crippen LogP) is 4.44. The van der Waals surface area contributed by atoms with Crippen LogP contribution in [0.2, 0.25) is 0 Å². The molecule has 1 amide bonds. The predicted molar refractivity (Wildman–Crippen MR) is 101 cm³/mol. The lowest BCUT2D eigenvalue weighted by atomic mass is 10.1. The first-order valence-corrected chi connectivity index (χ1v) is 8.52. The van der Waals surface area contributed by atoms with Gasteiger partial charge >= 0.3 is 0 Å². The fraction of sp³-hybridized carbons (Fsp3) is 0.158. The van der Waals surface area contributed by atoms with Crippen LogP contribution >= 0.6 is 11.3 Å². The van der Waals surface area contributed by atoms with Crippen LogP contribution in [-0.4, -0.2) is 25.0 Å². The van der Waals surface area contributed by atoms with Gasteiger partial charge in [0, 0.05) is 36.3 Å². The quantitative estimate of drug-likeness (QED) is 0.765. The van der Waals surface area contributed by atoms with Gasteiger partial charge in [-0.25, -0.2) is 4.98 Å². The Bertz CT molecular complexity index is 836. The molecule has 5 heteroatoms. The van der Waals surface area contributed by atoms with E-state index in [-0.39, 0.29) is 5.91 Å². The third-order valence-corrected chi connectivity index (χ3v) is 4.48. The number of carbonyl (C=O) groups excluding carboxylic acids is 1. The van der Waals surface area contributed by atoms with Gasteiger partial charge in [0.15, 0.2) is 5.13 Å². The van der Waals surface area contributed by atoms with E-state index in [1.165, 1.54) is 16.9 Å². The lowest BCUT2D eigenvalue weighted by Gasteiger charge is -2.12. The number of nitrogens with one attached hydrogen (secondary N) is 1. The van der Waals surface area contributed by atoms with Crippen molar-refractivity contribution in [3.63, 3.8) is 0 Å². The van der Waals surface area contributed by atoms with Crippen molar-refractivity contribution >= 4 is 28.1 Å². The summed E-state index contributed by atoms with van der Waals surface area (Å²) in [5, 5.41) is 5.42. The van der Waals surface area contributed by atoms with Gasteiger partial charge in [-0.3, -0.25) is 10.1 Å². The Hall–Kier alpha value is -2.66. The Kier molecular flexibility index (Phi) is 4.62. The van der Waals surface area contributed by atoms with Gasteiger partial charge in [0.05, 0.1) is 5.69 Å². The first-order valence-electron chi connectivity index (χ1n) is 7.64. The van der Waals surface area contributed by atoms with Gasteiger partial charge < -0.3 is 4.90 Å². The molecule has 0 fully saturated rings. The second kappa shape index (κ2) is 6.84. The molecule has 1 aromatic heterocycles. The summed E-state index contributed by atoms with van der Waals surface area (Å²) in [6, 6.07) is 15.7. The summed E-state index contributed by atoms with van der Waals surface area (Å²) >= 11 is 1.43. The van der Waals surface area contributed by atoms with Crippen molar-refractivity contribution < 1.29 is 4.79 Å². The van der Waals surface area contributed by atoms with Gasteiger partial charge in [-0.2, -0.15) is 0 Å². The van der Waals surface area contributed by atoms with Crippen LogP contribution in [0.4, 0.5) is 10.8 Å². The van der Waals surface area contributed by atoms with Crippen LogP contribution in [0.15, 0.2) is 53.9 Å². The number of anilines is 2. The number of rotatable bonds is 4. The van der Waals surface area contributed by atoms with Gasteiger partial charge in [0.25, 0.3) is 5.91 Å². The van der Waals surface area contributed by atoms with Crippen LogP contribution in [-0.2, 0) is 0 Å². The van der Waals surface area contributed by atoms with Crippen molar-refractivity contribution in [3.05, 3.63) is 65.0 Å². The van der Waals surface area contributed by atoms with Crippen molar-refractivity contribution in [2.45, 2.75) is 6.92 Å². The zero-order valence-corrected chi connectivity index (χ0v) is 14.7. The highest BCUT2D eigenvalue weighted by Crippen LogP contribution is 2.25. The van der Waals surface area contributed by atoms with Crippen molar-refractivity contribution in [2.75, 3.05) is 24.3 Å². The molecule has 0 radical (unpaired) electrons. The molecular formula is C19H19N3OS. The third-order valence-electron chi connectivity index (χ3n) is 3.72. The first kappa shape index (κ1) is 16.2. The summed E-state index contributed by atoms with van der Waals surface area (Å²) in [5.74, 6) is -0.148. The fourth-order valence-electron chi connectivity index (χ4n) is 2.27. The minimum absolute atomic E-state index is 0.148. The van der Waals surface area contributed by atoms with Gasteiger partial charge in [0.2, 0.25) is 0 Å². The van der Waals surface area contributed by atoms with Crippen LogP contribution in [0, 0.1) is 6.92 Å². The molecule has 4 nitrogen and oxygen atoms in total. The molecule has 0 aliphatic heterocycles. The number of nitrogens with zero attached hydrogens (tertiary/aromatic N) is 2. The average Bonchev–Trinajstić information content (AvgIpc) is 3.04. The number of aromatic nitrogens is 1. The van der Waals surface area contributed by atoms with E-state index in [0.29, 0.717) is 10.7 Å². The minimum atomic E-state index is -0.148. The molecular weight excluding hydrogens is 318 g/mol. The summed E-state index contributed by atoms with van der Waals surface area (Å²) in [7, 11) is 3.94. The summed E-state index contributed by atoms with van der Waals surface area (Å²) in [6.45, 7) is 2.05. The maximum atomic E-state index is 12.3. The van der Waals surface area contributed by atoms with Crippen LogP contribution in [0.25, 0.3) is 11.3 Å². The highest BCUT2D eigenvalue weighted by Gasteiger charge is 2.10. The van der Waals surface area contributed by atoms with Crippen LogP contribution in [0.3, 0.4) is 0 Å². The molecule has 0 saturated heterocycles. The van der Waals surface area contributed by atoms with E-state index in [9.17, 15) is 4.79 Å². The van der Waals surface area contributed by atoms with Crippen molar-refractivity contribution in [2.24, 2.45) is 0 Å². The molecule has 2 aromatic carbocycles. The van der Waals surface area contributed by atoms with Crippen molar-refractivity contribution in [1.82, 2.24) is 4.98 Å². The summed E-state index contributed by atoms with van der Waals surface area (Å²) in [5.41, 5.74) is 4.81. The van der Waals surface area contributed by atoms with E-state index in [1.807, 2.05) is 60.8 Å². The Labute approximate surface area is 145 Å².